The Morgan fingerprint density at radius 3 is 2.50 bits per heavy atom. The molecule has 0 aromatic carbocycles. The zero-order valence-electron chi connectivity index (χ0n) is 9.50. The lowest BCUT2D eigenvalue weighted by atomic mass is 9.78. The zero-order valence-corrected chi connectivity index (χ0v) is 9.50. The highest BCUT2D eigenvalue weighted by molar-refractivity contribution is 5.53. The largest absolute Gasteiger partial charge is 0.303 e. The fourth-order valence-corrected chi connectivity index (χ4v) is 2.61. The maximum Gasteiger partial charge on any atom is 0.123 e. The van der Waals surface area contributed by atoms with Crippen LogP contribution in [0.3, 0.4) is 0 Å². The summed E-state index contributed by atoms with van der Waals surface area (Å²) in [5, 5.41) is 0. The fourth-order valence-electron chi connectivity index (χ4n) is 2.61. The van der Waals surface area contributed by atoms with Crippen LogP contribution in [0.1, 0.15) is 64.7 Å². The van der Waals surface area contributed by atoms with E-state index >= 15 is 0 Å². The Balaban J connectivity index is 2.24. The van der Waals surface area contributed by atoms with E-state index in [-0.39, 0.29) is 0 Å². The molecule has 0 radical (unpaired) electrons. The maximum atomic E-state index is 11.0. The predicted molar refractivity (Wildman–Crippen MR) is 60.3 cm³/mol. The predicted octanol–water partition coefficient (Wildman–Crippen LogP) is 3.96. The van der Waals surface area contributed by atoms with E-state index in [0.717, 1.165) is 12.3 Å². The van der Waals surface area contributed by atoms with Crippen molar-refractivity contribution in [3.05, 3.63) is 0 Å². The van der Waals surface area contributed by atoms with Crippen molar-refractivity contribution < 1.29 is 4.79 Å². The molecule has 1 unspecified atom stereocenters. The lowest BCUT2D eigenvalue weighted by Crippen LogP contribution is -2.19. The van der Waals surface area contributed by atoms with Gasteiger partial charge in [0.05, 0.1) is 0 Å². The van der Waals surface area contributed by atoms with Crippen LogP contribution in [0.2, 0.25) is 0 Å². The summed E-state index contributed by atoms with van der Waals surface area (Å²) in [5.74, 6) is 1.10. The van der Waals surface area contributed by atoms with Gasteiger partial charge >= 0.3 is 0 Å². The van der Waals surface area contributed by atoms with Crippen LogP contribution in [-0.4, -0.2) is 6.29 Å². The third-order valence-corrected chi connectivity index (χ3v) is 3.57. The second-order valence-electron chi connectivity index (χ2n) is 4.69. The van der Waals surface area contributed by atoms with Gasteiger partial charge in [-0.3, -0.25) is 0 Å². The van der Waals surface area contributed by atoms with Gasteiger partial charge in [0, 0.05) is 5.92 Å². The normalized spacial score (nSPS) is 20.6. The van der Waals surface area contributed by atoms with Crippen LogP contribution < -0.4 is 0 Å². The number of aldehydes is 1. The molecule has 1 fully saturated rings. The number of carbonyl (C=O) groups excluding carboxylic acids is 1. The number of unbranched alkanes of at least 4 members (excludes halogenated alkanes) is 2. The summed E-state index contributed by atoms with van der Waals surface area (Å²) in [5.41, 5.74) is 0. The van der Waals surface area contributed by atoms with Gasteiger partial charge in [-0.15, -0.1) is 0 Å². The fraction of sp³-hybridized carbons (Fsp3) is 0.923. The molecule has 1 nitrogen and oxygen atoms in total. The van der Waals surface area contributed by atoms with Gasteiger partial charge in [0.15, 0.2) is 0 Å². The SMILES string of the molecule is CCCCCC(C=O)C1CCCCC1. The van der Waals surface area contributed by atoms with Gasteiger partial charge in [0.2, 0.25) is 0 Å². The van der Waals surface area contributed by atoms with Gasteiger partial charge in [-0.2, -0.15) is 0 Å². The lowest BCUT2D eigenvalue weighted by Gasteiger charge is -2.26. The van der Waals surface area contributed by atoms with Crippen molar-refractivity contribution >= 4 is 6.29 Å². The monoisotopic (exact) mass is 196 g/mol. The molecule has 1 heteroatoms. The van der Waals surface area contributed by atoms with Crippen molar-refractivity contribution in [2.24, 2.45) is 11.8 Å². The van der Waals surface area contributed by atoms with E-state index in [1.54, 1.807) is 0 Å². The van der Waals surface area contributed by atoms with E-state index in [1.807, 2.05) is 0 Å². The summed E-state index contributed by atoms with van der Waals surface area (Å²) in [6.07, 6.45) is 12.9. The topological polar surface area (TPSA) is 17.1 Å². The van der Waals surface area contributed by atoms with Crippen molar-refractivity contribution in [1.29, 1.82) is 0 Å². The zero-order chi connectivity index (χ0) is 10.2. The van der Waals surface area contributed by atoms with Gasteiger partial charge in [0.25, 0.3) is 0 Å². The van der Waals surface area contributed by atoms with E-state index < -0.39 is 0 Å². The average Bonchev–Trinajstić information content (AvgIpc) is 2.26. The molecular formula is C13H24O. The van der Waals surface area contributed by atoms with Crippen molar-refractivity contribution in [3.8, 4) is 0 Å². The first kappa shape index (κ1) is 11.7. The smallest absolute Gasteiger partial charge is 0.123 e. The minimum absolute atomic E-state index is 0.377. The van der Waals surface area contributed by atoms with Crippen LogP contribution in [0.5, 0.6) is 0 Å². The highest BCUT2D eigenvalue weighted by atomic mass is 16.1. The molecule has 0 aliphatic heterocycles. The molecule has 14 heavy (non-hydrogen) atoms. The maximum absolute atomic E-state index is 11.0. The second-order valence-corrected chi connectivity index (χ2v) is 4.69. The Labute approximate surface area is 88.3 Å². The van der Waals surface area contributed by atoms with Crippen molar-refractivity contribution in [1.82, 2.24) is 0 Å². The van der Waals surface area contributed by atoms with E-state index in [9.17, 15) is 4.79 Å². The summed E-state index contributed by atoms with van der Waals surface area (Å²) >= 11 is 0. The van der Waals surface area contributed by atoms with Gasteiger partial charge in [-0.05, 0) is 25.2 Å². The first-order valence-corrected chi connectivity index (χ1v) is 6.33. The number of hydrogen-bond donors (Lipinski definition) is 0. The summed E-state index contributed by atoms with van der Waals surface area (Å²) in [6.45, 7) is 2.22. The van der Waals surface area contributed by atoms with Crippen molar-refractivity contribution in [2.75, 3.05) is 0 Å². The minimum atomic E-state index is 0.377. The lowest BCUT2D eigenvalue weighted by molar-refractivity contribution is -0.113. The minimum Gasteiger partial charge on any atom is -0.303 e. The first-order valence-electron chi connectivity index (χ1n) is 6.33. The Morgan fingerprint density at radius 1 is 1.21 bits per heavy atom. The first-order chi connectivity index (χ1) is 6.88. The standard InChI is InChI=1S/C13H24O/c1-2-3-5-10-13(11-14)12-8-6-4-7-9-12/h11-13H,2-10H2,1H3. The van der Waals surface area contributed by atoms with Crippen LogP contribution in [0, 0.1) is 11.8 Å². The number of carbonyl (C=O) groups is 1. The van der Waals surface area contributed by atoms with Gasteiger partial charge in [0.1, 0.15) is 6.29 Å². The number of hydrogen-bond acceptors (Lipinski definition) is 1. The third kappa shape index (κ3) is 3.81. The third-order valence-electron chi connectivity index (χ3n) is 3.57. The molecule has 0 bridgehead atoms. The van der Waals surface area contributed by atoms with Crippen LogP contribution >= 0.6 is 0 Å². The number of rotatable bonds is 6. The van der Waals surface area contributed by atoms with Crippen LogP contribution in [0.4, 0.5) is 0 Å². The molecule has 0 spiro atoms. The molecular weight excluding hydrogens is 172 g/mol. The molecule has 0 saturated heterocycles. The molecule has 1 atom stereocenters. The average molecular weight is 196 g/mol. The molecule has 0 heterocycles. The molecule has 1 rings (SSSR count). The molecule has 0 N–H and O–H groups in total. The van der Waals surface area contributed by atoms with Crippen molar-refractivity contribution in [2.45, 2.75) is 64.7 Å². The van der Waals surface area contributed by atoms with E-state index in [1.165, 1.54) is 57.7 Å². The highest BCUT2D eigenvalue weighted by Crippen LogP contribution is 2.31. The summed E-state index contributed by atoms with van der Waals surface area (Å²) in [4.78, 5) is 11.0. The summed E-state index contributed by atoms with van der Waals surface area (Å²) in [7, 11) is 0. The van der Waals surface area contributed by atoms with Crippen LogP contribution in [0.25, 0.3) is 0 Å². The Kier molecular flexibility index (Phi) is 5.89. The van der Waals surface area contributed by atoms with E-state index in [2.05, 4.69) is 6.92 Å². The highest BCUT2D eigenvalue weighted by Gasteiger charge is 2.22. The Hall–Kier alpha value is -0.330. The van der Waals surface area contributed by atoms with Gasteiger partial charge in [-0.25, -0.2) is 0 Å². The molecule has 1 saturated carbocycles. The molecule has 0 aromatic rings. The summed E-state index contributed by atoms with van der Waals surface area (Å²) in [6, 6.07) is 0. The molecule has 1 aliphatic rings. The van der Waals surface area contributed by atoms with Crippen molar-refractivity contribution in [3.63, 3.8) is 0 Å². The van der Waals surface area contributed by atoms with Gasteiger partial charge < -0.3 is 4.79 Å². The van der Waals surface area contributed by atoms with Gasteiger partial charge in [-0.1, -0.05) is 45.4 Å². The van der Waals surface area contributed by atoms with E-state index in [0.29, 0.717) is 5.92 Å². The molecule has 0 amide bonds. The second kappa shape index (κ2) is 7.03. The molecule has 0 aromatic heterocycles. The van der Waals surface area contributed by atoms with Crippen LogP contribution in [-0.2, 0) is 4.79 Å². The van der Waals surface area contributed by atoms with E-state index in [4.69, 9.17) is 0 Å². The summed E-state index contributed by atoms with van der Waals surface area (Å²) < 4.78 is 0. The van der Waals surface area contributed by atoms with Crippen LogP contribution in [0.15, 0.2) is 0 Å². The molecule has 1 aliphatic carbocycles. The molecule has 82 valence electrons. The quantitative estimate of drug-likeness (QED) is 0.464. The Morgan fingerprint density at radius 2 is 1.93 bits per heavy atom. The Bertz CT molecular complexity index is 147.